The Morgan fingerprint density at radius 2 is 2.00 bits per heavy atom. The highest BCUT2D eigenvalue weighted by molar-refractivity contribution is 4.88. The van der Waals surface area contributed by atoms with Crippen LogP contribution in [0.3, 0.4) is 0 Å². The van der Waals surface area contributed by atoms with Crippen molar-refractivity contribution >= 4 is 0 Å². The van der Waals surface area contributed by atoms with Crippen molar-refractivity contribution < 1.29 is 4.74 Å². The number of morpholine rings is 1. The maximum atomic E-state index is 5.89. The van der Waals surface area contributed by atoms with Crippen molar-refractivity contribution in [2.45, 2.75) is 70.6 Å². The van der Waals surface area contributed by atoms with Gasteiger partial charge >= 0.3 is 0 Å². The number of ether oxygens (including phenoxy) is 1. The van der Waals surface area contributed by atoms with Crippen LogP contribution in [0.25, 0.3) is 0 Å². The molecule has 0 aromatic rings. The maximum absolute atomic E-state index is 5.89. The Morgan fingerprint density at radius 1 is 1.28 bits per heavy atom. The molecule has 0 bridgehead atoms. The van der Waals surface area contributed by atoms with E-state index < -0.39 is 0 Å². The summed E-state index contributed by atoms with van der Waals surface area (Å²) in [4.78, 5) is 2.53. The van der Waals surface area contributed by atoms with Crippen molar-refractivity contribution in [2.24, 2.45) is 0 Å². The lowest BCUT2D eigenvalue weighted by atomic mass is 9.83. The summed E-state index contributed by atoms with van der Waals surface area (Å²) >= 11 is 0. The van der Waals surface area contributed by atoms with Crippen molar-refractivity contribution in [1.29, 1.82) is 0 Å². The first kappa shape index (κ1) is 14.3. The average Bonchev–Trinajstić information content (AvgIpc) is 2.38. The van der Waals surface area contributed by atoms with Gasteiger partial charge in [0.15, 0.2) is 0 Å². The van der Waals surface area contributed by atoms with E-state index in [0.29, 0.717) is 17.7 Å². The second-order valence-electron chi connectivity index (χ2n) is 6.58. The summed E-state index contributed by atoms with van der Waals surface area (Å²) in [6.07, 6.45) is 7.21. The molecule has 3 nitrogen and oxygen atoms in total. The molecule has 1 aliphatic heterocycles. The predicted octanol–water partition coefficient (Wildman–Crippen LogP) is 2.41. The summed E-state index contributed by atoms with van der Waals surface area (Å²) in [6.45, 7) is 11.0. The highest BCUT2D eigenvalue weighted by atomic mass is 16.5. The number of hydrogen-bond donors (Lipinski definition) is 1. The zero-order valence-corrected chi connectivity index (χ0v) is 12.4. The van der Waals surface area contributed by atoms with Crippen LogP contribution < -0.4 is 5.32 Å². The van der Waals surface area contributed by atoms with Gasteiger partial charge in [-0.3, -0.25) is 4.90 Å². The van der Waals surface area contributed by atoms with E-state index in [2.05, 4.69) is 31.0 Å². The zero-order valence-electron chi connectivity index (χ0n) is 12.4. The van der Waals surface area contributed by atoms with Gasteiger partial charge in [-0.1, -0.05) is 19.3 Å². The largest absolute Gasteiger partial charge is 0.374 e. The molecule has 0 radical (unpaired) electrons. The molecule has 106 valence electrons. The summed E-state index contributed by atoms with van der Waals surface area (Å²) in [6, 6.07) is 0.640. The Kier molecular flexibility index (Phi) is 5.05. The molecule has 0 aromatic heterocycles. The smallest absolute Gasteiger partial charge is 0.0827 e. The van der Waals surface area contributed by atoms with Crippen LogP contribution in [0, 0.1) is 0 Å². The standard InChI is InChI=1S/C15H30N2O/c1-13(2)17-9-10-18-14(12-17)11-16-15(3)7-5-4-6-8-15/h13-14,16H,4-12H2,1-3H3. The first-order valence-corrected chi connectivity index (χ1v) is 7.70. The van der Waals surface area contributed by atoms with Crippen molar-refractivity contribution in [1.82, 2.24) is 10.2 Å². The van der Waals surface area contributed by atoms with Crippen LogP contribution in [0.2, 0.25) is 0 Å². The molecule has 2 aliphatic rings. The van der Waals surface area contributed by atoms with Gasteiger partial charge in [0.25, 0.3) is 0 Å². The zero-order chi connectivity index (χ0) is 13.0. The van der Waals surface area contributed by atoms with Gasteiger partial charge in [-0.25, -0.2) is 0 Å². The fraction of sp³-hybridized carbons (Fsp3) is 1.00. The molecule has 2 fully saturated rings. The predicted molar refractivity (Wildman–Crippen MR) is 75.9 cm³/mol. The van der Waals surface area contributed by atoms with Crippen molar-refractivity contribution in [3.63, 3.8) is 0 Å². The van der Waals surface area contributed by atoms with Gasteiger partial charge in [0.05, 0.1) is 12.7 Å². The Labute approximate surface area is 112 Å². The lowest BCUT2D eigenvalue weighted by molar-refractivity contribution is -0.0406. The molecule has 0 aromatic carbocycles. The second kappa shape index (κ2) is 6.36. The molecule has 3 heteroatoms. The summed E-state index contributed by atoms with van der Waals surface area (Å²) in [5, 5.41) is 3.78. The molecule has 1 N–H and O–H groups in total. The van der Waals surface area contributed by atoms with Gasteiger partial charge < -0.3 is 10.1 Å². The third-order valence-corrected chi connectivity index (χ3v) is 4.61. The van der Waals surface area contributed by atoms with Gasteiger partial charge in [0.2, 0.25) is 0 Å². The van der Waals surface area contributed by atoms with E-state index in [9.17, 15) is 0 Å². The van der Waals surface area contributed by atoms with Crippen LogP contribution in [0.15, 0.2) is 0 Å². The lowest BCUT2D eigenvalue weighted by Gasteiger charge is -2.39. The fourth-order valence-corrected chi connectivity index (χ4v) is 3.20. The van der Waals surface area contributed by atoms with Crippen LogP contribution in [-0.2, 0) is 4.74 Å². The number of nitrogens with zero attached hydrogens (tertiary/aromatic N) is 1. The lowest BCUT2D eigenvalue weighted by Crippen LogP contribution is -2.53. The van der Waals surface area contributed by atoms with Gasteiger partial charge in [-0.2, -0.15) is 0 Å². The van der Waals surface area contributed by atoms with Crippen LogP contribution in [0.5, 0.6) is 0 Å². The van der Waals surface area contributed by atoms with Crippen molar-refractivity contribution in [3.8, 4) is 0 Å². The third kappa shape index (κ3) is 3.94. The molecule has 2 rings (SSSR count). The van der Waals surface area contributed by atoms with Crippen LogP contribution in [0.4, 0.5) is 0 Å². The summed E-state index contributed by atoms with van der Waals surface area (Å²) in [5.41, 5.74) is 0.363. The molecule has 1 heterocycles. The van der Waals surface area contributed by atoms with E-state index in [4.69, 9.17) is 4.74 Å². The van der Waals surface area contributed by atoms with Gasteiger partial charge in [0.1, 0.15) is 0 Å². The van der Waals surface area contributed by atoms with Crippen molar-refractivity contribution in [3.05, 3.63) is 0 Å². The molecular weight excluding hydrogens is 224 g/mol. The summed E-state index contributed by atoms with van der Waals surface area (Å²) < 4.78 is 5.89. The fourth-order valence-electron chi connectivity index (χ4n) is 3.20. The first-order valence-electron chi connectivity index (χ1n) is 7.70. The van der Waals surface area contributed by atoms with Crippen LogP contribution in [-0.4, -0.2) is 48.8 Å². The Bertz CT molecular complexity index is 249. The molecule has 0 amide bonds. The molecular formula is C15H30N2O. The molecule has 0 spiro atoms. The molecule has 1 saturated carbocycles. The summed E-state index contributed by atoms with van der Waals surface area (Å²) in [5.74, 6) is 0. The maximum Gasteiger partial charge on any atom is 0.0827 e. The van der Waals surface area contributed by atoms with Crippen LogP contribution >= 0.6 is 0 Å². The Morgan fingerprint density at radius 3 is 2.67 bits per heavy atom. The minimum Gasteiger partial charge on any atom is -0.374 e. The van der Waals surface area contributed by atoms with E-state index >= 15 is 0 Å². The minimum atomic E-state index is 0.363. The Hall–Kier alpha value is -0.120. The molecule has 1 unspecified atom stereocenters. The molecule has 1 saturated heterocycles. The summed E-state index contributed by atoms with van der Waals surface area (Å²) in [7, 11) is 0. The van der Waals surface area contributed by atoms with Gasteiger partial charge in [-0.15, -0.1) is 0 Å². The highest BCUT2D eigenvalue weighted by Gasteiger charge is 2.28. The monoisotopic (exact) mass is 254 g/mol. The van der Waals surface area contributed by atoms with Gasteiger partial charge in [0, 0.05) is 31.2 Å². The second-order valence-corrected chi connectivity index (χ2v) is 6.58. The van der Waals surface area contributed by atoms with E-state index in [0.717, 1.165) is 26.2 Å². The quantitative estimate of drug-likeness (QED) is 0.834. The van der Waals surface area contributed by atoms with E-state index in [1.807, 2.05) is 0 Å². The number of nitrogens with one attached hydrogen (secondary N) is 1. The molecule has 1 atom stereocenters. The number of rotatable bonds is 4. The normalized spacial score (nSPS) is 29.7. The number of hydrogen-bond acceptors (Lipinski definition) is 3. The minimum absolute atomic E-state index is 0.363. The van der Waals surface area contributed by atoms with E-state index in [1.165, 1.54) is 32.1 Å². The molecule has 1 aliphatic carbocycles. The van der Waals surface area contributed by atoms with E-state index in [-0.39, 0.29) is 0 Å². The van der Waals surface area contributed by atoms with Crippen molar-refractivity contribution in [2.75, 3.05) is 26.2 Å². The van der Waals surface area contributed by atoms with E-state index in [1.54, 1.807) is 0 Å². The highest BCUT2D eigenvalue weighted by Crippen LogP contribution is 2.27. The Balaban J connectivity index is 1.75. The molecule has 18 heavy (non-hydrogen) atoms. The third-order valence-electron chi connectivity index (χ3n) is 4.61. The van der Waals surface area contributed by atoms with Crippen LogP contribution in [0.1, 0.15) is 52.9 Å². The SMILES string of the molecule is CC(C)N1CCOC(CNC2(C)CCCCC2)C1. The topological polar surface area (TPSA) is 24.5 Å². The average molecular weight is 254 g/mol. The van der Waals surface area contributed by atoms with Gasteiger partial charge in [-0.05, 0) is 33.6 Å². The first-order chi connectivity index (χ1) is 8.59.